The van der Waals surface area contributed by atoms with Crippen LogP contribution in [0.1, 0.15) is 45.2 Å². The zero-order valence-corrected chi connectivity index (χ0v) is 16.7. The van der Waals surface area contributed by atoms with Crippen molar-refractivity contribution in [3.8, 4) is 11.5 Å². The molecule has 0 radical (unpaired) electrons. The Morgan fingerprint density at radius 2 is 1.96 bits per heavy atom. The van der Waals surface area contributed by atoms with Gasteiger partial charge < -0.3 is 24.8 Å². The Balaban J connectivity index is 2.56. The fraction of sp³-hybridized carbons (Fsp3) is 0.474. The van der Waals surface area contributed by atoms with E-state index in [0.29, 0.717) is 53.0 Å². The van der Waals surface area contributed by atoms with Crippen LogP contribution in [0.5, 0.6) is 11.5 Å². The van der Waals surface area contributed by atoms with Crippen molar-refractivity contribution in [2.24, 2.45) is 0 Å². The van der Waals surface area contributed by atoms with Crippen LogP contribution in [0.15, 0.2) is 23.4 Å². The van der Waals surface area contributed by atoms with Crippen LogP contribution in [-0.2, 0) is 9.53 Å². The van der Waals surface area contributed by atoms with Crippen LogP contribution in [0.3, 0.4) is 0 Å². The molecular formula is C19H25ClN2O5. The van der Waals surface area contributed by atoms with E-state index in [1.165, 1.54) is 7.11 Å². The summed E-state index contributed by atoms with van der Waals surface area (Å²) < 4.78 is 16.3. The predicted octanol–water partition coefficient (Wildman–Crippen LogP) is 3.72. The lowest BCUT2D eigenvalue weighted by atomic mass is 9.94. The molecule has 1 heterocycles. The van der Waals surface area contributed by atoms with Gasteiger partial charge in [0.25, 0.3) is 0 Å². The molecule has 8 heteroatoms. The van der Waals surface area contributed by atoms with Gasteiger partial charge in [-0.15, -0.1) is 0 Å². The van der Waals surface area contributed by atoms with Crippen molar-refractivity contribution in [2.75, 3.05) is 20.3 Å². The molecule has 0 aliphatic carbocycles. The Bertz CT molecular complexity index is 748. The highest BCUT2D eigenvalue weighted by molar-refractivity contribution is 6.32. The fourth-order valence-electron chi connectivity index (χ4n) is 2.86. The average Bonchev–Trinajstić information content (AvgIpc) is 2.66. The van der Waals surface area contributed by atoms with E-state index in [-0.39, 0.29) is 0 Å². The third-order valence-corrected chi connectivity index (χ3v) is 4.31. The number of methoxy groups -OCH3 is 1. The van der Waals surface area contributed by atoms with Crippen LogP contribution >= 0.6 is 11.6 Å². The van der Waals surface area contributed by atoms with Gasteiger partial charge in [0, 0.05) is 5.70 Å². The second-order valence-corrected chi connectivity index (χ2v) is 6.29. The van der Waals surface area contributed by atoms with Crippen LogP contribution < -0.4 is 20.1 Å². The Hall–Kier alpha value is -2.41. The minimum Gasteiger partial charge on any atom is -0.490 e. The summed E-state index contributed by atoms with van der Waals surface area (Å²) >= 11 is 6.43. The molecule has 2 amide bonds. The normalized spacial score (nSPS) is 16.5. The summed E-state index contributed by atoms with van der Waals surface area (Å²) in [7, 11) is 1.30. The van der Waals surface area contributed by atoms with E-state index in [0.717, 1.165) is 6.42 Å². The molecule has 1 unspecified atom stereocenters. The summed E-state index contributed by atoms with van der Waals surface area (Å²) in [5.41, 5.74) is 1.45. The Labute approximate surface area is 164 Å². The van der Waals surface area contributed by atoms with Gasteiger partial charge in [0.2, 0.25) is 0 Å². The fourth-order valence-corrected chi connectivity index (χ4v) is 3.13. The van der Waals surface area contributed by atoms with Crippen LogP contribution in [-0.4, -0.2) is 32.3 Å². The third-order valence-electron chi connectivity index (χ3n) is 4.03. The Kier molecular flexibility index (Phi) is 7.36. The number of rotatable bonds is 8. The van der Waals surface area contributed by atoms with E-state index >= 15 is 0 Å². The molecular weight excluding hydrogens is 372 g/mol. The van der Waals surface area contributed by atoms with E-state index in [1.54, 1.807) is 12.1 Å². The molecule has 0 saturated carbocycles. The number of amides is 2. The maximum absolute atomic E-state index is 12.4. The van der Waals surface area contributed by atoms with Crippen LogP contribution in [0.2, 0.25) is 5.02 Å². The molecule has 7 nitrogen and oxygen atoms in total. The molecule has 0 aromatic heterocycles. The first-order chi connectivity index (χ1) is 13.0. The monoisotopic (exact) mass is 396 g/mol. The van der Waals surface area contributed by atoms with Gasteiger partial charge in [-0.25, -0.2) is 9.59 Å². The molecule has 0 bridgehead atoms. The number of ether oxygens (including phenoxy) is 3. The Morgan fingerprint density at radius 1 is 1.22 bits per heavy atom. The summed E-state index contributed by atoms with van der Waals surface area (Å²) in [4.78, 5) is 24.4. The number of carbonyl (C=O) groups excluding carboxylic acids is 2. The first-order valence-corrected chi connectivity index (χ1v) is 9.32. The summed E-state index contributed by atoms with van der Waals surface area (Å²) in [6.07, 6.45) is 1.29. The minimum absolute atomic E-state index is 0.334. The summed E-state index contributed by atoms with van der Waals surface area (Å²) in [5, 5.41) is 5.77. The van der Waals surface area contributed by atoms with E-state index < -0.39 is 18.0 Å². The lowest BCUT2D eigenvalue weighted by molar-refractivity contribution is -0.136. The molecule has 1 aromatic carbocycles. The molecule has 2 rings (SSSR count). The standard InChI is InChI=1S/C19H25ClN2O5/c1-5-8-27-17-12(20)9-11(10-14(17)26-7-3)16-15(18(23)25-4)13(6-2)21-19(24)22-16/h9-10,16H,5-8H2,1-4H3,(H2,21,22,24). The van der Waals surface area contributed by atoms with Gasteiger partial charge in [0.15, 0.2) is 11.5 Å². The van der Waals surface area contributed by atoms with Gasteiger partial charge >= 0.3 is 12.0 Å². The molecule has 1 atom stereocenters. The largest absolute Gasteiger partial charge is 0.490 e. The van der Waals surface area contributed by atoms with Crippen molar-refractivity contribution >= 4 is 23.6 Å². The smallest absolute Gasteiger partial charge is 0.337 e. The van der Waals surface area contributed by atoms with Gasteiger partial charge in [-0.3, -0.25) is 0 Å². The second kappa shape index (κ2) is 9.50. The van der Waals surface area contributed by atoms with E-state index in [4.69, 9.17) is 25.8 Å². The van der Waals surface area contributed by atoms with E-state index in [2.05, 4.69) is 10.6 Å². The number of hydrogen-bond acceptors (Lipinski definition) is 5. The maximum Gasteiger partial charge on any atom is 0.337 e. The summed E-state index contributed by atoms with van der Waals surface area (Å²) in [6, 6.07) is 2.29. The average molecular weight is 397 g/mol. The lowest BCUT2D eigenvalue weighted by Gasteiger charge is -2.29. The number of carbonyl (C=O) groups is 2. The summed E-state index contributed by atoms with van der Waals surface area (Å²) in [5.74, 6) is 0.386. The number of allylic oxidation sites excluding steroid dienone is 1. The van der Waals surface area contributed by atoms with Crippen molar-refractivity contribution in [3.05, 3.63) is 34.0 Å². The molecule has 0 saturated heterocycles. The van der Waals surface area contributed by atoms with Crippen molar-refractivity contribution in [1.82, 2.24) is 10.6 Å². The molecule has 1 aromatic rings. The predicted molar refractivity (Wildman–Crippen MR) is 102 cm³/mol. The van der Waals surface area contributed by atoms with Crippen molar-refractivity contribution in [3.63, 3.8) is 0 Å². The topological polar surface area (TPSA) is 85.9 Å². The van der Waals surface area contributed by atoms with E-state index in [1.807, 2.05) is 20.8 Å². The highest BCUT2D eigenvalue weighted by Gasteiger charge is 2.33. The minimum atomic E-state index is -0.710. The van der Waals surface area contributed by atoms with Crippen LogP contribution in [0.25, 0.3) is 0 Å². The summed E-state index contributed by atoms with van der Waals surface area (Å²) in [6.45, 7) is 6.61. The number of benzene rings is 1. The number of esters is 1. The number of urea groups is 1. The molecule has 0 fully saturated rings. The quantitative estimate of drug-likeness (QED) is 0.654. The van der Waals surface area contributed by atoms with Gasteiger partial charge in [0.05, 0.1) is 37.0 Å². The number of hydrogen-bond donors (Lipinski definition) is 2. The second-order valence-electron chi connectivity index (χ2n) is 5.88. The van der Waals surface area contributed by atoms with Crippen LogP contribution in [0, 0.1) is 0 Å². The number of nitrogens with one attached hydrogen (secondary N) is 2. The first kappa shape index (κ1) is 20.9. The van der Waals surface area contributed by atoms with Gasteiger partial charge in [-0.1, -0.05) is 25.4 Å². The SMILES string of the molecule is CCCOc1c(Cl)cc(C2NC(=O)NC(CC)=C2C(=O)OC)cc1OCC. The third kappa shape index (κ3) is 4.66. The lowest BCUT2D eigenvalue weighted by Crippen LogP contribution is -2.45. The Morgan fingerprint density at radius 3 is 2.56 bits per heavy atom. The van der Waals surface area contributed by atoms with Gasteiger partial charge in [-0.05, 0) is 37.5 Å². The number of halogens is 1. The zero-order valence-electron chi connectivity index (χ0n) is 16.0. The molecule has 27 heavy (non-hydrogen) atoms. The first-order valence-electron chi connectivity index (χ1n) is 8.94. The molecule has 1 aliphatic rings. The molecule has 2 N–H and O–H groups in total. The van der Waals surface area contributed by atoms with Crippen molar-refractivity contribution in [2.45, 2.75) is 39.7 Å². The molecule has 1 aliphatic heterocycles. The zero-order chi connectivity index (χ0) is 20.0. The molecule has 0 spiro atoms. The van der Waals surface area contributed by atoms with Gasteiger partial charge in [-0.2, -0.15) is 0 Å². The van der Waals surface area contributed by atoms with Gasteiger partial charge in [0.1, 0.15) is 0 Å². The maximum atomic E-state index is 12.4. The highest BCUT2D eigenvalue weighted by Crippen LogP contribution is 2.40. The van der Waals surface area contributed by atoms with Crippen molar-refractivity contribution < 1.29 is 23.8 Å². The highest BCUT2D eigenvalue weighted by atomic mass is 35.5. The van der Waals surface area contributed by atoms with Crippen molar-refractivity contribution in [1.29, 1.82) is 0 Å². The van der Waals surface area contributed by atoms with Crippen LogP contribution in [0.4, 0.5) is 4.79 Å². The van der Waals surface area contributed by atoms with E-state index in [9.17, 15) is 9.59 Å². The molecule has 148 valence electrons.